The first-order valence-corrected chi connectivity index (χ1v) is 6.65. The van der Waals surface area contributed by atoms with Gasteiger partial charge in [0.15, 0.2) is 5.78 Å². The van der Waals surface area contributed by atoms with Gasteiger partial charge in [-0.2, -0.15) is 0 Å². The molecule has 0 aliphatic heterocycles. The number of hydrogen-bond donors (Lipinski definition) is 0. The molecule has 0 aromatic heterocycles. The Kier molecular flexibility index (Phi) is 3.32. The highest BCUT2D eigenvalue weighted by Gasteiger charge is 2.23. The summed E-state index contributed by atoms with van der Waals surface area (Å²) in [6.45, 7) is 0. The zero-order chi connectivity index (χ0) is 13.1. The minimum Gasteiger partial charge on any atom is -0.490 e. The van der Waals surface area contributed by atoms with E-state index in [2.05, 4.69) is 0 Å². The van der Waals surface area contributed by atoms with E-state index >= 15 is 0 Å². The van der Waals surface area contributed by atoms with Crippen LogP contribution in [0.1, 0.15) is 28.8 Å². The summed E-state index contributed by atoms with van der Waals surface area (Å²) in [6, 6.07) is 17.3. The van der Waals surface area contributed by atoms with E-state index in [1.54, 1.807) is 0 Å². The van der Waals surface area contributed by atoms with Gasteiger partial charge in [0, 0.05) is 12.0 Å². The number of ether oxygens (including phenoxy) is 1. The quantitative estimate of drug-likeness (QED) is 0.759. The van der Waals surface area contributed by atoms with Crippen molar-refractivity contribution in [2.24, 2.45) is 0 Å². The maximum atomic E-state index is 12.2. The molecule has 0 heterocycles. The highest BCUT2D eigenvalue weighted by molar-refractivity contribution is 5.97. The Balaban J connectivity index is 1.72. The number of hydrogen-bond acceptors (Lipinski definition) is 2. The van der Waals surface area contributed by atoms with Gasteiger partial charge in [-0.15, -0.1) is 0 Å². The van der Waals surface area contributed by atoms with Gasteiger partial charge in [-0.05, 0) is 30.5 Å². The van der Waals surface area contributed by atoms with Crippen LogP contribution in [0.25, 0.3) is 0 Å². The van der Waals surface area contributed by atoms with Crippen molar-refractivity contribution in [3.8, 4) is 5.75 Å². The number of ketones is 1. The molecule has 1 aliphatic carbocycles. The van der Waals surface area contributed by atoms with Gasteiger partial charge in [0.2, 0.25) is 0 Å². The summed E-state index contributed by atoms with van der Waals surface area (Å²) in [7, 11) is 0. The molecule has 2 nitrogen and oxygen atoms in total. The molecule has 96 valence electrons. The monoisotopic (exact) mass is 252 g/mol. The molecule has 1 aliphatic rings. The fourth-order valence-electron chi connectivity index (χ4n) is 2.00. The third kappa shape index (κ3) is 3.22. The highest BCUT2D eigenvalue weighted by atomic mass is 16.5. The lowest BCUT2D eigenvalue weighted by molar-refractivity contribution is 0.0992. The van der Waals surface area contributed by atoms with Crippen molar-refractivity contribution in [3.63, 3.8) is 0 Å². The van der Waals surface area contributed by atoms with E-state index in [1.807, 2.05) is 54.6 Å². The number of carbonyl (C=O) groups is 1. The largest absolute Gasteiger partial charge is 0.490 e. The number of Topliss-reactive ketones (excluding diaryl/α,β-unsaturated/α-hetero) is 1. The van der Waals surface area contributed by atoms with E-state index in [0.717, 1.165) is 29.7 Å². The Hall–Kier alpha value is -2.09. The summed E-state index contributed by atoms with van der Waals surface area (Å²) in [6.07, 6.45) is 3.05. The van der Waals surface area contributed by atoms with Crippen molar-refractivity contribution < 1.29 is 9.53 Å². The molecule has 0 atom stereocenters. The Morgan fingerprint density at radius 3 is 2.58 bits per heavy atom. The van der Waals surface area contributed by atoms with Crippen LogP contribution < -0.4 is 4.74 Å². The molecule has 19 heavy (non-hydrogen) atoms. The molecule has 0 saturated heterocycles. The molecule has 0 N–H and O–H groups in total. The van der Waals surface area contributed by atoms with Gasteiger partial charge in [0.1, 0.15) is 5.75 Å². The second-order valence-electron chi connectivity index (χ2n) is 4.93. The summed E-state index contributed by atoms with van der Waals surface area (Å²) in [5.41, 5.74) is 1.77. The van der Waals surface area contributed by atoms with Crippen molar-refractivity contribution in [1.29, 1.82) is 0 Å². The molecule has 2 heteroatoms. The number of benzene rings is 2. The zero-order valence-electron chi connectivity index (χ0n) is 10.7. The van der Waals surface area contributed by atoms with E-state index < -0.39 is 0 Å². The van der Waals surface area contributed by atoms with E-state index in [1.165, 1.54) is 0 Å². The lowest BCUT2D eigenvalue weighted by Crippen LogP contribution is -2.04. The smallest absolute Gasteiger partial charge is 0.167 e. The molecule has 0 unspecified atom stereocenters. The molecule has 1 saturated carbocycles. The highest BCUT2D eigenvalue weighted by Crippen LogP contribution is 2.27. The minimum atomic E-state index is 0.132. The molecule has 0 amide bonds. The van der Waals surface area contributed by atoms with Gasteiger partial charge in [0.05, 0.1) is 6.10 Å². The Morgan fingerprint density at radius 1 is 1.05 bits per heavy atom. The van der Waals surface area contributed by atoms with Gasteiger partial charge < -0.3 is 4.74 Å². The topological polar surface area (TPSA) is 26.3 Å². The predicted molar refractivity (Wildman–Crippen MR) is 74.6 cm³/mol. The summed E-state index contributed by atoms with van der Waals surface area (Å²) in [5.74, 6) is 0.939. The number of carbonyl (C=O) groups excluding carboxylic acids is 1. The normalized spacial score (nSPS) is 14.1. The van der Waals surface area contributed by atoms with Crippen LogP contribution in [-0.2, 0) is 6.42 Å². The summed E-state index contributed by atoms with van der Waals surface area (Å²) in [5, 5.41) is 0. The molecule has 0 bridgehead atoms. The van der Waals surface area contributed by atoms with Crippen LogP contribution in [0.2, 0.25) is 0 Å². The average Bonchev–Trinajstić information content (AvgIpc) is 3.24. The Morgan fingerprint density at radius 2 is 1.84 bits per heavy atom. The summed E-state index contributed by atoms with van der Waals surface area (Å²) < 4.78 is 5.71. The maximum Gasteiger partial charge on any atom is 0.167 e. The first-order valence-electron chi connectivity index (χ1n) is 6.65. The molecule has 2 aromatic rings. The fourth-order valence-corrected chi connectivity index (χ4v) is 2.00. The van der Waals surface area contributed by atoms with Gasteiger partial charge in [-0.1, -0.05) is 42.5 Å². The second kappa shape index (κ2) is 5.27. The average molecular weight is 252 g/mol. The molecular weight excluding hydrogens is 236 g/mol. The maximum absolute atomic E-state index is 12.2. The van der Waals surface area contributed by atoms with Gasteiger partial charge in [0.25, 0.3) is 0 Å². The van der Waals surface area contributed by atoms with Crippen LogP contribution in [0.3, 0.4) is 0 Å². The van der Waals surface area contributed by atoms with E-state index in [4.69, 9.17) is 4.74 Å². The predicted octanol–water partition coefficient (Wildman–Crippen LogP) is 3.65. The summed E-state index contributed by atoms with van der Waals surface area (Å²) in [4.78, 5) is 12.2. The molecule has 0 radical (unpaired) electrons. The third-order valence-corrected chi connectivity index (χ3v) is 3.19. The Bertz CT molecular complexity index is 571. The first kappa shape index (κ1) is 12.0. The van der Waals surface area contributed by atoms with Crippen LogP contribution in [0.4, 0.5) is 0 Å². The van der Waals surface area contributed by atoms with Crippen molar-refractivity contribution in [1.82, 2.24) is 0 Å². The molecule has 0 spiro atoms. The third-order valence-electron chi connectivity index (χ3n) is 3.19. The van der Waals surface area contributed by atoms with Gasteiger partial charge >= 0.3 is 0 Å². The van der Waals surface area contributed by atoms with Crippen LogP contribution in [0.5, 0.6) is 5.75 Å². The molecule has 1 fully saturated rings. The number of rotatable bonds is 5. The van der Waals surface area contributed by atoms with Crippen LogP contribution in [-0.4, -0.2) is 11.9 Å². The fraction of sp³-hybridized carbons (Fsp3) is 0.235. The second-order valence-corrected chi connectivity index (χ2v) is 4.93. The van der Waals surface area contributed by atoms with Crippen molar-refractivity contribution in [2.45, 2.75) is 25.4 Å². The molecule has 3 rings (SSSR count). The Labute approximate surface area is 113 Å². The zero-order valence-corrected chi connectivity index (χ0v) is 10.7. The SMILES string of the molecule is O=C(Cc1ccccc1)c1cccc(OC2CC2)c1. The van der Waals surface area contributed by atoms with Crippen LogP contribution in [0.15, 0.2) is 54.6 Å². The minimum absolute atomic E-state index is 0.132. The van der Waals surface area contributed by atoms with Gasteiger partial charge in [-0.3, -0.25) is 4.79 Å². The van der Waals surface area contributed by atoms with Gasteiger partial charge in [-0.25, -0.2) is 0 Å². The van der Waals surface area contributed by atoms with Crippen molar-refractivity contribution in [3.05, 3.63) is 65.7 Å². The molecular formula is C17H16O2. The van der Waals surface area contributed by atoms with E-state index in [0.29, 0.717) is 12.5 Å². The summed E-state index contributed by atoms with van der Waals surface area (Å²) >= 11 is 0. The van der Waals surface area contributed by atoms with Crippen molar-refractivity contribution in [2.75, 3.05) is 0 Å². The standard InChI is InChI=1S/C17H16O2/c18-17(11-13-5-2-1-3-6-13)14-7-4-8-16(12-14)19-15-9-10-15/h1-8,12,15H,9-11H2. The lowest BCUT2D eigenvalue weighted by Gasteiger charge is -2.06. The van der Waals surface area contributed by atoms with Crippen molar-refractivity contribution >= 4 is 5.78 Å². The van der Waals surface area contributed by atoms with E-state index in [9.17, 15) is 4.79 Å². The molecule has 2 aromatic carbocycles. The van der Waals surface area contributed by atoms with Crippen LogP contribution >= 0.6 is 0 Å². The lowest BCUT2D eigenvalue weighted by atomic mass is 10.0. The van der Waals surface area contributed by atoms with Crippen LogP contribution in [0, 0.1) is 0 Å². The first-order chi connectivity index (χ1) is 9.31. The van der Waals surface area contributed by atoms with E-state index in [-0.39, 0.29) is 5.78 Å².